The Morgan fingerprint density at radius 3 is 2.77 bits per heavy atom. The van der Waals surface area contributed by atoms with Crippen LogP contribution in [0.15, 0.2) is 58.4 Å². The van der Waals surface area contributed by atoms with Gasteiger partial charge in [0.15, 0.2) is 11.5 Å². The minimum Gasteiger partial charge on any atom is -0.493 e. The van der Waals surface area contributed by atoms with Crippen LogP contribution in [-0.2, 0) is 13.0 Å². The summed E-state index contributed by atoms with van der Waals surface area (Å²) in [5, 5.41) is 4.16. The molecule has 0 amide bonds. The molecule has 156 valence electrons. The molecule has 0 saturated heterocycles. The molecule has 3 rings (SSSR count). The number of rotatable bonds is 9. The molecule has 2 N–H and O–H groups in total. The second-order valence-electron chi connectivity index (χ2n) is 6.83. The third kappa shape index (κ3) is 5.70. The summed E-state index contributed by atoms with van der Waals surface area (Å²) < 4.78 is 11.4. The van der Waals surface area contributed by atoms with Crippen LogP contribution in [0.3, 0.4) is 0 Å². The third-order valence-corrected chi connectivity index (χ3v) is 4.52. The highest BCUT2D eigenvalue weighted by Crippen LogP contribution is 2.28. The number of aryl methyl sites for hydroxylation is 2. The van der Waals surface area contributed by atoms with E-state index in [1.54, 1.807) is 13.3 Å². The van der Waals surface area contributed by atoms with Gasteiger partial charge in [0.2, 0.25) is 5.95 Å². The topological polar surface area (TPSA) is 88.6 Å². The standard InChI is InChI=1S/C23H26N4O3/c1-4-7-19-13-22(28)26-23(25-19)27-24-14-17-10-11-20(21(12-17)29-3)30-15-18-9-6-5-8-16(18)2/h5-6,8-14H,4,7,15H2,1-3H3,(H2,25,26,27,28)/b24-14-. The van der Waals surface area contributed by atoms with Crippen molar-refractivity contribution in [2.24, 2.45) is 5.10 Å². The fraction of sp³-hybridized carbons (Fsp3) is 0.261. The molecule has 0 aliphatic rings. The number of aromatic nitrogens is 2. The smallest absolute Gasteiger partial charge is 0.252 e. The van der Waals surface area contributed by atoms with E-state index in [1.807, 2.05) is 43.3 Å². The van der Waals surface area contributed by atoms with Crippen LogP contribution in [0, 0.1) is 6.92 Å². The number of ether oxygens (including phenoxy) is 2. The van der Waals surface area contributed by atoms with Gasteiger partial charge in [0, 0.05) is 11.8 Å². The number of H-pyrrole nitrogens is 1. The first-order chi connectivity index (χ1) is 14.6. The van der Waals surface area contributed by atoms with Gasteiger partial charge in [0.1, 0.15) is 6.61 Å². The maximum atomic E-state index is 11.7. The molecule has 3 aromatic rings. The summed E-state index contributed by atoms with van der Waals surface area (Å²) in [5.74, 6) is 1.58. The average Bonchev–Trinajstić information content (AvgIpc) is 2.73. The number of hydrogen-bond acceptors (Lipinski definition) is 6. The molecular formula is C23H26N4O3. The van der Waals surface area contributed by atoms with Crippen LogP contribution in [0.4, 0.5) is 5.95 Å². The first-order valence-corrected chi connectivity index (χ1v) is 9.83. The van der Waals surface area contributed by atoms with Crippen LogP contribution in [-0.4, -0.2) is 23.3 Å². The number of benzene rings is 2. The Balaban J connectivity index is 1.67. The lowest BCUT2D eigenvalue weighted by Crippen LogP contribution is -2.12. The van der Waals surface area contributed by atoms with Gasteiger partial charge in [-0.15, -0.1) is 0 Å². The van der Waals surface area contributed by atoms with Crippen LogP contribution in [0.1, 0.15) is 35.7 Å². The molecule has 7 heteroatoms. The van der Waals surface area contributed by atoms with E-state index < -0.39 is 0 Å². The highest BCUT2D eigenvalue weighted by atomic mass is 16.5. The molecule has 0 fully saturated rings. The molecule has 30 heavy (non-hydrogen) atoms. The summed E-state index contributed by atoms with van der Waals surface area (Å²) in [4.78, 5) is 18.7. The molecule has 1 heterocycles. The largest absolute Gasteiger partial charge is 0.493 e. The van der Waals surface area contributed by atoms with E-state index in [0.717, 1.165) is 29.7 Å². The van der Waals surface area contributed by atoms with Gasteiger partial charge < -0.3 is 9.47 Å². The Morgan fingerprint density at radius 1 is 1.17 bits per heavy atom. The highest BCUT2D eigenvalue weighted by Gasteiger charge is 2.07. The number of nitrogens with one attached hydrogen (secondary N) is 2. The van der Waals surface area contributed by atoms with Crippen molar-refractivity contribution >= 4 is 12.2 Å². The summed E-state index contributed by atoms with van der Waals surface area (Å²) >= 11 is 0. The first kappa shape index (κ1) is 21.1. The second kappa shape index (κ2) is 10.2. The predicted molar refractivity (Wildman–Crippen MR) is 119 cm³/mol. The Kier molecular flexibility index (Phi) is 7.21. The van der Waals surface area contributed by atoms with Crippen LogP contribution in [0.2, 0.25) is 0 Å². The van der Waals surface area contributed by atoms with E-state index in [1.165, 1.54) is 11.6 Å². The van der Waals surface area contributed by atoms with Crippen molar-refractivity contribution in [3.63, 3.8) is 0 Å². The number of hydrazone groups is 1. The minimum atomic E-state index is -0.206. The molecule has 0 aliphatic heterocycles. The summed E-state index contributed by atoms with van der Waals surface area (Å²) in [6.45, 7) is 4.56. The lowest BCUT2D eigenvalue weighted by molar-refractivity contribution is 0.284. The highest BCUT2D eigenvalue weighted by molar-refractivity contribution is 5.81. The molecule has 0 unspecified atom stereocenters. The summed E-state index contributed by atoms with van der Waals surface area (Å²) in [5.41, 5.74) is 6.42. The second-order valence-corrected chi connectivity index (χ2v) is 6.83. The number of hydrogen-bond donors (Lipinski definition) is 2. The minimum absolute atomic E-state index is 0.206. The van der Waals surface area contributed by atoms with Crippen molar-refractivity contribution in [3.8, 4) is 11.5 Å². The molecular weight excluding hydrogens is 380 g/mol. The summed E-state index contributed by atoms with van der Waals surface area (Å²) in [6.07, 6.45) is 3.28. The van der Waals surface area contributed by atoms with Crippen molar-refractivity contribution in [1.29, 1.82) is 0 Å². The molecule has 2 aromatic carbocycles. The zero-order chi connectivity index (χ0) is 21.3. The van der Waals surface area contributed by atoms with Gasteiger partial charge in [-0.25, -0.2) is 10.4 Å². The Bertz CT molecular complexity index is 1080. The zero-order valence-electron chi connectivity index (χ0n) is 17.4. The van der Waals surface area contributed by atoms with Crippen molar-refractivity contribution in [3.05, 3.63) is 81.3 Å². The molecule has 0 bridgehead atoms. The third-order valence-electron chi connectivity index (χ3n) is 4.52. The molecule has 0 saturated carbocycles. The van der Waals surface area contributed by atoms with E-state index in [9.17, 15) is 4.79 Å². The summed E-state index contributed by atoms with van der Waals surface area (Å²) in [7, 11) is 1.60. The van der Waals surface area contributed by atoms with Crippen LogP contribution in [0.5, 0.6) is 11.5 Å². The Hall–Kier alpha value is -3.61. The number of anilines is 1. The van der Waals surface area contributed by atoms with Gasteiger partial charge >= 0.3 is 0 Å². The van der Waals surface area contributed by atoms with E-state index in [2.05, 4.69) is 33.5 Å². The van der Waals surface area contributed by atoms with Crippen molar-refractivity contribution in [2.45, 2.75) is 33.3 Å². The molecule has 1 aromatic heterocycles. The van der Waals surface area contributed by atoms with Crippen molar-refractivity contribution in [2.75, 3.05) is 12.5 Å². The van der Waals surface area contributed by atoms with Gasteiger partial charge in [-0.3, -0.25) is 9.78 Å². The van der Waals surface area contributed by atoms with Crippen LogP contribution < -0.4 is 20.5 Å². The number of nitrogens with zero attached hydrogens (tertiary/aromatic N) is 2. The van der Waals surface area contributed by atoms with E-state index >= 15 is 0 Å². The molecule has 0 radical (unpaired) electrons. The quantitative estimate of drug-likeness (QED) is 0.413. The Labute approximate surface area is 175 Å². The first-order valence-electron chi connectivity index (χ1n) is 9.83. The number of aromatic amines is 1. The molecule has 0 atom stereocenters. The maximum absolute atomic E-state index is 11.7. The fourth-order valence-electron chi connectivity index (χ4n) is 2.92. The zero-order valence-corrected chi connectivity index (χ0v) is 17.4. The van der Waals surface area contributed by atoms with Gasteiger partial charge in [-0.2, -0.15) is 5.10 Å². The molecule has 0 spiro atoms. The normalized spacial score (nSPS) is 10.9. The van der Waals surface area contributed by atoms with Crippen molar-refractivity contribution < 1.29 is 9.47 Å². The van der Waals surface area contributed by atoms with Gasteiger partial charge in [0.25, 0.3) is 5.56 Å². The molecule has 0 aliphatic carbocycles. The van der Waals surface area contributed by atoms with E-state index in [-0.39, 0.29) is 5.56 Å². The SMILES string of the molecule is CCCc1cc(=O)[nH]c(N/N=C\c2ccc(OCc3ccccc3C)c(OC)c2)n1. The maximum Gasteiger partial charge on any atom is 0.252 e. The number of methoxy groups -OCH3 is 1. The average molecular weight is 406 g/mol. The van der Waals surface area contributed by atoms with Gasteiger partial charge in [-0.05, 0) is 48.2 Å². The van der Waals surface area contributed by atoms with E-state index in [4.69, 9.17) is 9.47 Å². The lowest BCUT2D eigenvalue weighted by Gasteiger charge is -2.12. The van der Waals surface area contributed by atoms with Gasteiger partial charge in [0.05, 0.1) is 13.3 Å². The van der Waals surface area contributed by atoms with Crippen molar-refractivity contribution in [1.82, 2.24) is 9.97 Å². The van der Waals surface area contributed by atoms with Gasteiger partial charge in [-0.1, -0.05) is 37.6 Å². The Morgan fingerprint density at radius 2 is 2.00 bits per heavy atom. The predicted octanol–water partition coefficient (Wildman–Crippen LogP) is 4.06. The fourth-order valence-corrected chi connectivity index (χ4v) is 2.92. The monoisotopic (exact) mass is 406 g/mol. The van der Waals surface area contributed by atoms with Crippen LogP contribution >= 0.6 is 0 Å². The van der Waals surface area contributed by atoms with Crippen LogP contribution in [0.25, 0.3) is 0 Å². The molecule has 7 nitrogen and oxygen atoms in total. The van der Waals surface area contributed by atoms with E-state index in [0.29, 0.717) is 24.1 Å². The lowest BCUT2D eigenvalue weighted by atomic mass is 10.1. The summed E-state index contributed by atoms with van der Waals surface area (Å²) in [6, 6.07) is 15.2.